The topological polar surface area (TPSA) is 110 Å². The molecule has 2 rings (SSSR count). The first kappa shape index (κ1) is 22.0. The van der Waals surface area contributed by atoms with Crippen LogP contribution in [0.2, 0.25) is 0 Å². The van der Waals surface area contributed by atoms with Gasteiger partial charge in [-0.05, 0) is 50.9 Å². The molecule has 0 saturated heterocycles. The molecule has 8 heteroatoms. The van der Waals surface area contributed by atoms with Gasteiger partial charge in [0.05, 0.1) is 37.1 Å². The van der Waals surface area contributed by atoms with Gasteiger partial charge in [0.1, 0.15) is 5.75 Å². The molecule has 27 heavy (non-hydrogen) atoms. The van der Waals surface area contributed by atoms with Crippen LogP contribution in [0.25, 0.3) is 0 Å². The number of carbonyl (C=O) groups is 2. The Kier molecular flexibility index (Phi) is 8.44. The van der Waals surface area contributed by atoms with Gasteiger partial charge in [-0.1, -0.05) is 12.2 Å². The zero-order valence-corrected chi connectivity index (χ0v) is 16.7. The third kappa shape index (κ3) is 6.40. The molecule has 1 heterocycles. The predicted octanol–water partition coefficient (Wildman–Crippen LogP) is 1.09. The van der Waals surface area contributed by atoms with E-state index in [1.807, 2.05) is 19.1 Å². The van der Waals surface area contributed by atoms with Crippen molar-refractivity contribution in [3.8, 4) is 0 Å². The van der Waals surface area contributed by atoms with Gasteiger partial charge in [-0.3, -0.25) is 13.8 Å². The van der Waals surface area contributed by atoms with Crippen LogP contribution in [0.1, 0.15) is 45.4 Å². The normalized spacial score (nSPS) is 37.7. The van der Waals surface area contributed by atoms with Crippen LogP contribution in [0, 0.1) is 11.8 Å². The van der Waals surface area contributed by atoms with Gasteiger partial charge in [0, 0.05) is 10.8 Å². The number of methoxy groups -OCH3 is 1. The molecule has 1 aliphatic carbocycles. The van der Waals surface area contributed by atoms with E-state index in [1.54, 1.807) is 0 Å². The summed E-state index contributed by atoms with van der Waals surface area (Å²) in [5, 5.41) is 20.1. The Labute approximate surface area is 162 Å². The van der Waals surface area contributed by atoms with Gasteiger partial charge >= 0.3 is 11.9 Å². The van der Waals surface area contributed by atoms with Gasteiger partial charge in [-0.25, -0.2) is 0 Å². The van der Waals surface area contributed by atoms with Crippen LogP contribution in [0.15, 0.2) is 12.2 Å². The van der Waals surface area contributed by atoms with E-state index >= 15 is 0 Å². The van der Waals surface area contributed by atoms with Gasteiger partial charge in [-0.2, -0.15) is 0 Å². The van der Waals surface area contributed by atoms with Crippen molar-refractivity contribution in [3.05, 3.63) is 12.2 Å². The fourth-order valence-corrected chi connectivity index (χ4v) is 5.30. The van der Waals surface area contributed by atoms with Crippen LogP contribution < -0.4 is 0 Å². The molecular formula is C19H30O7S. The Balaban J connectivity index is 2.26. The fourth-order valence-electron chi connectivity index (χ4n) is 3.91. The summed E-state index contributed by atoms with van der Waals surface area (Å²) in [7, 11) is -0.598. The van der Waals surface area contributed by atoms with Crippen molar-refractivity contribution >= 4 is 22.7 Å². The van der Waals surface area contributed by atoms with Crippen molar-refractivity contribution in [2.45, 2.75) is 69.0 Å². The minimum absolute atomic E-state index is 0.0539. The van der Waals surface area contributed by atoms with E-state index in [9.17, 15) is 24.0 Å². The Hall–Kier alpha value is -1.25. The Morgan fingerprint density at radius 1 is 1.37 bits per heavy atom. The average Bonchev–Trinajstić information content (AvgIpc) is 2.98. The van der Waals surface area contributed by atoms with Gasteiger partial charge < -0.3 is 19.7 Å². The Morgan fingerprint density at radius 2 is 2.11 bits per heavy atom. The molecule has 2 aliphatic rings. The highest BCUT2D eigenvalue weighted by molar-refractivity contribution is 7.86. The molecule has 154 valence electrons. The third-order valence-electron chi connectivity index (χ3n) is 5.35. The fraction of sp³-hybridized carbons (Fsp3) is 0.789. The number of allylic oxidation sites excluding steroid dienone is 2. The highest BCUT2D eigenvalue weighted by atomic mass is 32.2. The van der Waals surface area contributed by atoms with Crippen molar-refractivity contribution in [1.29, 1.82) is 0 Å². The molecule has 0 spiro atoms. The van der Waals surface area contributed by atoms with E-state index < -0.39 is 45.9 Å². The van der Waals surface area contributed by atoms with E-state index in [1.165, 1.54) is 7.11 Å². The van der Waals surface area contributed by atoms with Gasteiger partial charge in [0.25, 0.3) is 0 Å². The van der Waals surface area contributed by atoms with E-state index in [2.05, 4.69) is 4.74 Å². The summed E-state index contributed by atoms with van der Waals surface area (Å²) in [5.41, 5.74) is 0. The summed E-state index contributed by atoms with van der Waals surface area (Å²) < 4.78 is 22.7. The molecule has 0 radical (unpaired) electrons. The number of rotatable bonds is 3. The number of aliphatic hydroxyl groups excluding tert-OH is 2. The molecule has 1 aliphatic heterocycles. The molecule has 0 bridgehead atoms. The lowest BCUT2D eigenvalue weighted by atomic mass is 9.87. The second-order valence-electron chi connectivity index (χ2n) is 7.45. The van der Waals surface area contributed by atoms with Crippen molar-refractivity contribution in [2.24, 2.45) is 11.8 Å². The molecule has 0 amide bonds. The highest BCUT2D eigenvalue weighted by Gasteiger charge is 2.42. The quantitative estimate of drug-likeness (QED) is 0.537. The molecule has 1 unspecified atom stereocenters. The molecular weight excluding hydrogens is 372 g/mol. The molecule has 0 aromatic heterocycles. The molecule has 1 fully saturated rings. The zero-order chi connectivity index (χ0) is 20.0. The summed E-state index contributed by atoms with van der Waals surface area (Å²) in [5.74, 6) is -1.97. The number of hydrogen-bond acceptors (Lipinski definition) is 7. The van der Waals surface area contributed by atoms with E-state index in [0.29, 0.717) is 19.3 Å². The van der Waals surface area contributed by atoms with Crippen molar-refractivity contribution < 1.29 is 33.5 Å². The number of esters is 2. The molecule has 0 aromatic carbocycles. The minimum Gasteiger partial charge on any atom is -0.468 e. The number of carbonyl (C=O) groups excluding carboxylic acids is 2. The van der Waals surface area contributed by atoms with E-state index in [4.69, 9.17) is 4.74 Å². The minimum atomic E-state index is -1.80. The van der Waals surface area contributed by atoms with Crippen LogP contribution >= 0.6 is 0 Å². The van der Waals surface area contributed by atoms with Crippen molar-refractivity contribution in [3.63, 3.8) is 0 Å². The first-order valence-corrected chi connectivity index (χ1v) is 10.9. The summed E-state index contributed by atoms with van der Waals surface area (Å²) >= 11 is 0. The van der Waals surface area contributed by atoms with Gasteiger partial charge in [0.15, 0.2) is 0 Å². The third-order valence-corrected chi connectivity index (χ3v) is 6.99. The zero-order valence-electron chi connectivity index (χ0n) is 15.9. The van der Waals surface area contributed by atoms with Crippen LogP contribution in [0.4, 0.5) is 0 Å². The molecule has 2 N–H and O–H groups in total. The maximum Gasteiger partial charge on any atom is 0.318 e. The van der Waals surface area contributed by atoms with Crippen molar-refractivity contribution in [2.75, 3.05) is 12.9 Å². The molecule has 7 nitrogen and oxygen atoms in total. The van der Waals surface area contributed by atoms with Crippen LogP contribution in [0.5, 0.6) is 0 Å². The average molecular weight is 403 g/mol. The Bertz CT molecular complexity index is 576. The summed E-state index contributed by atoms with van der Waals surface area (Å²) in [6.07, 6.45) is 5.21. The first-order chi connectivity index (χ1) is 12.8. The highest BCUT2D eigenvalue weighted by Crippen LogP contribution is 2.38. The smallest absolute Gasteiger partial charge is 0.318 e. The SMILES string of the molecule is COC(=O)CS(=O)[C@@H]1CC(=O)O[C@@H](C)CCC/C=C/[C@@H]2C[C@H](O)C[C@H]2[C@@H]1O. The van der Waals surface area contributed by atoms with E-state index in [0.717, 1.165) is 12.8 Å². The van der Waals surface area contributed by atoms with Gasteiger partial charge in [-0.15, -0.1) is 0 Å². The lowest BCUT2D eigenvalue weighted by Gasteiger charge is -2.29. The second-order valence-corrected chi connectivity index (χ2v) is 9.10. The Morgan fingerprint density at radius 3 is 2.81 bits per heavy atom. The lowest BCUT2D eigenvalue weighted by molar-refractivity contribution is -0.149. The number of ether oxygens (including phenoxy) is 2. The predicted molar refractivity (Wildman–Crippen MR) is 100 cm³/mol. The molecule has 1 saturated carbocycles. The maximum absolute atomic E-state index is 12.7. The summed E-state index contributed by atoms with van der Waals surface area (Å²) in [4.78, 5) is 23.9. The van der Waals surface area contributed by atoms with Gasteiger partial charge in [0.2, 0.25) is 0 Å². The number of aliphatic hydroxyl groups is 2. The maximum atomic E-state index is 12.7. The largest absolute Gasteiger partial charge is 0.468 e. The standard InChI is InChI=1S/C19H30O7S/c1-12-6-4-3-5-7-13-8-14(20)9-15(13)19(23)16(10-17(21)26-12)27(24)11-18(22)25-2/h5,7,12-16,19-20,23H,3-4,6,8-11H2,1-2H3/b7-5+/t12-,13+,14-,15+,16+,19-,27?/m0/s1. The van der Waals surface area contributed by atoms with E-state index in [-0.39, 0.29) is 24.4 Å². The molecule has 7 atom stereocenters. The lowest BCUT2D eigenvalue weighted by Crippen LogP contribution is -2.41. The molecule has 0 aromatic rings. The monoisotopic (exact) mass is 402 g/mol. The van der Waals surface area contributed by atoms with Crippen LogP contribution in [-0.4, -0.2) is 62.8 Å². The first-order valence-electron chi connectivity index (χ1n) is 9.48. The number of hydrogen-bond donors (Lipinski definition) is 2. The number of fused-ring (bicyclic) bond motifs is 1. The number of cyclic esters (lactones) is 1. The van der Waals surface area contributed by atoms with Crippen LogP contribution in [0.3, 0.4) is 0 Å². The second kappa shape index (κ2) is 10.3. The van der Waals surface area contributed by atoms with Crippen LogP contribution in [-0.2, 0) is 29.9 Å². The van der Waals surface area contributed by atoms with Crippen molar-refractivity contribution in [1.82, 2.24) is 0 Å². The summed E-state index contributed by atoms with van der Waals surface area (Å²) in [6.45, 7) is 1.81. The summed E-state index contributed by atoms with van der Waals surface area (Å²) in [6, 6.07) is 0.